The highest BCUT2D eigenvalue weighted by atomic mass is 19.1. The SMILES string of the molecule is CC(C(=O)N1CCN(c2ccccc2F)CC1)n1nc(-c2ccncc2)ccc1=O. The van der Waals surface area contributed by atoms with Gasteiger partial charge in [0.15, 0.2) is 0 Å². The summed E-state index contributed by atoms with van der Waals surface area (Å²) in [6.45, 7) is 3.64. The number of para-hydroxylation sites is 1. The van der Waals surface area contributed by atoms with Crippen molar-refractivity contribution in [2.45, 2.75) is 13.0 Å². The number of carbonyl (C=O) groups is 1. The number of piperazine rings is 1. The van der Waals surface area contributed by atoms with Gasteiger partial charge in [0, 0.05) is 50.2 Å². The van der Waals surface area contributed by atoms with Crippen LogP contribution in [-0.2, 0) is 4.79 Å². The smallest absolute Gasteiger partial charge is 0.267 e. The standard InChI is InChI=1S/C22H22FN5O2/c1-16(28-21(29)7-6-19(25-28)17-8-10-24-11-9-17)22(30)27-14-12-26(13-15-27)20-5-3-2-4-18(20)23/h2-11,16H,12-15H2,1H3. The van der Waals surface area contributed by atoms with Gasteiger partial charge in [-0.3, -0.25) is 14.6 Å². The first-order valence-electron chi connectivity index (χ1n) is 9.83. The molecular weight excluding hydrogens is 385 g/mol. The van der Waals surface area contributed by atoms with Crippen LogP contribution in [-0.4, -0.2) is 51.8 Å². The summed E-state index contributed by atoms with van der Waals surface area (Å²) in [6.07, 6.45) is 3.30. The number of amides is 1. The second-order valence-corrected chi connectivity index (χ2v) is 7.18. The number of carbonyl (C=O) groups excluding carboxylic acids is 1. The van der Waals surface area contributed by atoms with Gasteiger partial charge in [0.2, 0.25) is 5.91 Å². The largest absolute Gasteiger partial charge is 0.366 e. The van der Waals surface area contributed by atoms with E-state index >= 15 is 0 Å². The van der Waals surface area contributed by atoms with Crippen molar-refractivity contribution in [3.63, 3.8) is 0 Å². The van der Waals surface area contributed by atoms with Crippen LogP contribution >= 0.6 is 0 Å². The molecule has 1 saturated heterocycles. The van der Waals surface area contributed by atoms with Gasteiger partial charge in [-0.1, -0.05) is 12.1 Å². The van der Waals surface area contributed by atoms with Gasteiger partial charge < -0.3 is 9.80 Å². The van der Waals surface area contributed by atoms with Crippen molar-refractivity contribution in [3.05, 3.63) is 77.1 Å². The highest BCUT2D eigenvalue weighted by Gasteiger charge is 2.28. The lowest BCUT2D eigenvalue weighted by molar-refractivity contribution is -0.135. The Labute approximate surface area is 173 Å². The molecule has 1 aliphatic rings. The molecule has 0 aliphatic carbocycles. The van der Waals surface area contributed by atoms with Crippen molar-refractivity contribution in [1.29, 1.82) is 0 Å². The maximum Gasteiger partial charge on any atom is 0.267 e. The monoisotopic (exact) mass is 407 g/mol. The van der Waals surface area contributed by atoms with Gasteiger partial charge in [-0.2, -0.15) is 5.10 Å². The fourth-order valence-electron chi connectivity index (χ4n) is 3.62. The first kappa shape index (κ1) is 19.8. The van der Waals surface area contributed by atoms with Gasteiger partial charge in [0.05, 0.1) is 11.4 Å². The molecule has 1 amide bonds. The molecule has 1 atom stereocenters. The van der Waals surface area contributed by atoms with Gasteiger partial charge in [-0.25, -0.2) is 9.07 Å². The van der Waals surface area contributed by atoms with E-state index in [9.17, 15) is 14.0 Å². The number of hydrogen-bond donors (Lipinski definition) is 0. The van der Waals surface area contributed by atoms with Crippen LogP contribution in [0.5, 0.6) is 0 Å². The Hall–Kier alpha value is -3.55. The predicted octanol–water partition coefficient (Wildman–Crippen LogP) is 2.35. The van der Waals surface area contributed by atoms with Crippen molar-refractivity contribution >= 4 is 11.6 Å². The normalized spacial score (nSPS) is 15.1. The first-order chi connectivity index (χ1) is 14.5. The molecule has 2 aromatic heterocycles. The highest BCUT2D eigenvalue weighted by molar-refractivity contribution is 5.80. The molecule has 7 nitrogen and oxygen atoms in total. The molecule has 1 unspecified atom stereocenters. The minimum Gasteiger partial charge on any atom is -0.366 e. The summed E-state index contributed by atoms with van der Waals surface area (Å²) in [6, 6.07) is 12.5. The maximum absolute atomic E-state index is 14.0. The Balaban J connectivity index is 1.48. The molecule has 1 fully saturated rings. The van der Waals surface area contributed by atoms with E-state index in [1.807, 2.05) is 4.90 Å². The molecule has 0 N–H and O–H groups in total. The quantitative estimate of drug-likeness (QED) is 0.664. The number of aromatic nitrogens is 3. The van der Waals surface area contributed by atoms with Crippen LogP contribution < -0.4 is 10.5 Å². The van der Waals surface area contributed by atoms with E-state index in [-0.39, 0.29) is 17.3 Å². The molecule has 4 rings (SSSR count). The first-order valence-corrected chi connectivity index (χ1v) is 9.83. The fourth-order valence-corrected chi connectivity index (χ4v) is 3.62. The lowest BCUT2D eigenvalue weighted by Crippen LogP contribution is -2.51. The average molecular weight is 407 g/mol. The molecule has 8 heteroatoms. The molecule has 0 radical (unpaired) electrons. The number of hydrogen-bond acceptors (Lipinski definition) is 5. The summed E-state index contributed by atoms with van der Waals surface area (Å²) >= 11 is 0. The third-order valence-electron chi connectivity index (χ3n) is 5.31. The molecule has 0 spiro atoms. The highest BCUT2D eigenvalue weighted by Crippen LogP contribution is 2.21. The summed E-state index contributed by atoms with van der Waals surface area (Å²) in [5.41, 5.74) is 1.62. The van der Waals surface area contributed by atoms with Crippen LogP contribution in [0.2, 0.25) is 0 Å². The van der Waals surface area contributed by atoms with Crippen molar-refractivity contribution < 1.29 is 9.18 Å². The van der Waals surface area contributed by atoms with Gasteiger partial charge in [-0.05, 0) is 37.3 Å². The summed E-state index contributed by atoms with van der Waals surface area (Å²) in [5.74, 6) is -0.445. The summed E-state index contributed by atoms with van der Waals surface area (Å²) in [7, 11) is 0. The molecule has 30 heavy (non-hydrogen) atoms. The Morgan fingerprint density at radius 2 is 1.70 bits per heavy atom. The van der Waals surface area contributed by atoms with E-state index < -0.39 is 6.04 Å². The Morgan fingerprint density at radius 3 is 2.40 bits per heavy atom. The van der Waals surface area contributed by atoms with Gasteiger partial charge in [0.1, 0.15) is 11.9 Å². The fraction of sp³-hybridized carbons (Fsp3) is 0.273. The number of pyridine rings is 1. The van der Waals surface area contributed by atoms with Crippen molar-refractivity contribution in [3.8, 4) is 11.3 Å². The third-order valence-corrected chi connectivity index (χ3v) is 5.31. The number of benzene rings is 1. The second kappa shape index (κ2) is 8.44. The Morgan fingerprint density at radius 1 is 1.00 bits per heavy atom. The van der Waals surface area contributed by atoms with Crippen molar-refractivity contribution in [2.24, 2.45) is 0 Å². The van der Waals surface area contributed by atoms with Gasteiger partial charge in [-0.15, -0.1) is 0 Å². The number of rotatable bonds is 4. The van der Waals surface area contributed by atoms with Crippen LogP contribution in [0.4, 0.5) is 10.1 Å². The number of anilines is 1. The van der Waals surface area contributed by atoms with Crippen LogP contribution in [0.1, 0.15) is 13.0 Å². The molecule has 3 aromatic rings. The molecule has 1 aliphatic heterocycles. The van der Waals surface area contributed by atoms with Crippen molar-refractivity contribution in [1.82, 2.24) is 19.7 Å². The number of halogens is 1. The average Bonchev–Trinajstić information content (AvgIpc) is 2.79. The lowest BCUT2D eigenvalue weighted by Gasteiger charge is -2.37. The molecular formula is C22H22FN5O2. The molecule has 3 heterocycles. The van der Waals surface area contributed by atoms with E-state index in [2.05, 4.69) is 10.1 Å². The maximum atomic E-state index is 14.0. The summed E-state index contributed by atoms with van der Waals surface area (Å²) in [5, 5.41) is 4.40. The van der Waals surface area contributed by atoms with Crippen molar-refractivity contribution in [2.75, 3.05) is 31.1 Å². The van der Waals surface area contributed by atoms with Gasteiger partial charge >= 0.3 is 0 Å². The van der Waals surface area contributed by atoms with Crippen LogP contribution in [0.25, 0.3) is 11.3 Å². The van der Waals surface area contributed by atoms with Crippen LogP contribution in [0.15, 0.2) is 65.7 Å². The zero-order valence-corrected chi connectivity index (χ0v) is 16.6. The zero-order chi connectivity index (χ0) is 21.1. The van der Waals surface area contributed by atoms with E-state index in [1.54, 1.807) is 60.6 Å². The summed E-state index contributed by atoms with van der Waals surface area (Å²) < 4.78 is 15.3. The second-order valence-electron chi connectivity index (χ2n) is 7.18. The molecule has 0 bridgehead atoms. The molecule has 0 saturated carbocycles. The lowest BCUT2D eigenvalue weighted by atomic mass is 10.2. The minimum absolute atomic E-state index is 0.176. The van der Waals surface area contributed by atoms with E-state index in [0.29, 0.717) is 37.6 Å². The zero-order valence-electron chi connectivity index (χ0n) is 16.6. The predicted molar refractivity (Wildman–Crippen MR) is 112 cm³/mol. The molecule has 1 aromatic carbocycles. The van der Waals surface area contributed by atoms with E-state index in [0.717, 1.165) is 5.56 Å². The minimum atomic E-state index is -0.737. The van der Waals surface area contributed by atoms with Gasteiger partial charge in [0.25, 0.3) is 5.56 Å². The molecule has 154 valence electrons. The van der Waals surface area contributed by atoms with E-state index in [4.69, 9.17) is 0 Å². The number of nitrogens with zero attached hydrogens (tertiary/aromatic N) is 5. The Bertz CT molecular complexity index is 1090. The third kappa shape index (κ3) is 3.94. The van der Waals surface area contributed by atoms with E-state index in [1.165, 1.54) is 16.8 Å². The summed E-state index contributed by atoms with van der Waals surface area (Å²) in [4.78, 5) is 33.0. The topological polar surface area (TPSA) is 71.3 Å². The van der Waals surface area contributed by atoms with Crippen LogP contribution in [0.3, 0.4) is 0 Å². The Kier molecular flexibility index (Phi) is 5.56. The van der Waals surface area contributed by atoms with Crippen LogP contribution in [0, 0.1) is 5.82 Å².